The van der Waals surface area contributed by atoms with Gasteiger partial charge >= 0.3 is 0 Å². The third-order valence-electron chi connectivity index (χ3n) is 3.92. The maximum absolute atomic E-state index is 5.44. The van der Waals surface area contributed by atoms with E-state index < -0.39 is 0 Å². The van der Waals surface area contributed by atoms with E-state index in [1.807, 2.05) is 0 Å². The van der Waals surface area contributed by atoms with Gasteiger partial charge in [-0.25, -0.2) is 0 Å². The molecule has 0 atom stereocenters. The molecular formula is C18H30O6. The van der Waals surface area contributed by atoms with Crippen molar-refractivity contribution in [2.24, 2.45) is 0 Å². The van der Waals surface area contributed by atoms with Crippen LogP contribution in [0.2, 0.25) is 0 Å². The van der Waals surface area contributed by atoms with Crippen LogP contribution in [0.15, 0.2) is 0 Å². The van der Waals surface area contributed by atoms with Crippen molar-refractivity contribution in [1.29, 1.82) is 0 Å². The van der Waals surface area contributed by atoms with Gasteiger partial charge in [0.1, 0.15) is 0 Å². The van der Waals surface area contributed by atoms with Crippen LogP contribution in [-0.2, 0) is 68.1 Å². The van der Waals surface area contributed by atoms with Gasteiger partial charge in [0.25, 0.3) is 0 Å². The Morgan fingerprint density at radius 3 is 0.542 bits per heavy atom. The average Bonchev–Trinajstić information content (AvgIpc) is 2.57. The lowest BCUT2D eigenvalue weighted by molar-refractivity contribution is 0.139. The molecule has 0 radical (unpaired) electrons. The van der Waals surface area contributed by atoms with Crippen LogP contribution in [0, 0.1) is 0 Å². The Kier molecular flexibility index (Phi) is 10.1. The van der Waals surface area contributed by atoms with Gasteiger partial charge in [0, 0.05) is 42.7 Å². The Balaban J connectivity index is 3.74. The zero-order valence-corrected chi connectivity index (χ0v) is 15.7. The van der Waals surface area contributed by atoms with E-state index >= 15 is 0 Å². The minimum atomic E-state index is 0.470. The van der Waals surface area contributed by atoms with Gasteiger partial charge in [-0.3, -0.25) is 0 Å². The maximum Gasteiger partial charge on any atom is 0.0720 e. The molecule has 0 aromatic heterocycles. The zero-order valence-electron chi connectivity index (χ0n) is 15.7. The standard InChI is InChI=1S/C18H30O6/c1-19-7-13-14(8-20-2)16(10-22-4)18(12-24-6)17(11-23-5)15(13)9-21-3/h7-12H2,1-6H3. The molecular weight excluding hydrogens is 312 g/mol. The Morgan fingerprint density at radius 1 is 0.333 bits per heavy atom. The SMILES string of the molecule is COCc1c(COC)c(COC)c(COC)c(COC)c1COC. The number of hydrogen-bond donors (Lipinski definition) is 0. The Morgan fingerprint density at radius 2 is 0.458 bits per heavy atom. The quantitative estimate of drug-likeness (QED) is 0.582. The van der Waals surface area contributed by atoms with Gasteiger partial charge in [-0.05, 0) is 33.4 Å². The molecule has 0 aliphatic heterocycles. The highest BCUT2D eigenvalue weighted by atomic mass is 16.5. The Labute approximate surface area is 144 Å². The summed E-state index contributed by atoms with van der Waals surface area (Å²) in [5.74, 6) is 0. The van der Waals surface area contributed by atoms with Crippen LogP contribution in [-0.4, -0.2) is 42.7 Å². The van der Waals surface area contributed by atoms with E-state index in [2.05, 4.69) is 0 Å². The highest BCUT2D eigenvalue weighted by Gasteiger charge is 2.23. The van der Waals surface area contributed by atoms with E-state index in [0.717, 1.165) is 33.4 Å². The average molecular weight is 342 g/mol. The third kappa shape index (κ3) is 4.99. The monoisotopic (exact) mass is 342 g/mol. The minimum Gasteiger partial charge on any atom is -0.380 e. The van der Waals surface area contributed by atoms with Crippen molar-refractivity contribution in [3.05, 3.63) is 33.4 Å². The molecule has 138 valence electrons. The van der Waals surface area contributed by atoms with Gasteiger partial charge in [-0.1, -0.05) is 0 Å². The largest absolute Gasteiger partial charge is 0.380 e. The summed E-state index contributed by atoms with van der Waals surface area (Å²) < 4.78 is 32.7. The smallest absolute Gasteiger partial charge is 0.0720 e. The summed E-state index contributed by atoms with van der Waals surface area (Å²) >= 11 is 0. The van der Waals surface area contributed by atoms with Crippen molar-refractivity contribution in [2.75, 3.05) is 42.7 Å². The highest BCUT2D eigenvalue weighted by Crippen LogP contribution is 2.32. The summed E-state index contributed by atoms with van der Waals surface area (Å²) in [6.45, 7) is 2.82. The van der Waals surface area contributed by atoms with E-state index in [1.54, 1.807) is 42.7 Å². The van der Waals surface area contributed by atoms with Crippen LogP contribution >= 0.6 is 0 Å². The van der Waals surface area contributed by atoms with Crippen LogP contribution in [0.4, 0.5) is 0 Å². The summed E-state index contributed by atoms with van der Waals surface area (Å²) in [5.41, 5.74) is 6.42. The molecule has 1 aromatic carbocycles. The third-order valence-corrected chi connectivity index (χ3v) is 3.92. The Bertz CT molecular complexity index is 365. The first-order valence-electron chi connectivity index (χ1n) is 7.80. The number of ether oxygens (including phenoxy) is 6. The second-order valence-corrected chi connectivity index (χ2v) is 5.47. The molecule has 0 fully saturated rings. The van der Waals surface area contributed by atoms with Gasteiger partial charge in [0.05, 0.1) is 39.6 Å². The second-order valence-electron chi connectivity index (χ2n) is 5.47. The molecule has 1 aromatic rings. The summed E-state index contributed by atoms with van der Waals surface area (Å²) in [6, 6.07) is 0. The second kappa shape index (κ2) is 11.5. The first kappa shape index (κ1) is 21.0. The number of hydrogen-bond acceptors (Lipinski definition) is 6. The molecule has 0 saturated carbocycles. The van der Waals surface area contributed by atoms with E-state index in [1.165, 1.54) is 0 Å². The maximum atomic E-state index is 5.44. The topological polar surface area (TPSA) is 55.4 Å². The molecule has 0 aliphatic rings. The van der Waals surface area contributed by atoms with E-state index in [4.69, 9.17) is 28.4 Å². The lowest BCUT2D eigenvalue weighted by Crippen LogP contribution is -2.17. The predicted molar refractivity (Wildman–Crippen MR) is 90.7 cm³/mol. The van der Waals surface area contributed by atoms with Crippen LogP contribution in [0.25, 0.3) is 0 Å². The summed E-state index contributed by atoms with van der Waals surface area (Å²) in [4.78, 5) is 0. The van der Waals surface area contributed by atoms with Crippen molar-refractivity contribution in [2.45, 2.75) is 39.6 Å². The van der Waals surface area contributed by atoms with E-state index in [9.17, 15) is 0 Å². The van der Waals surface area contributed by atoms with Crippen LogP contribution in [0.3, 0.4) is 0 Å². The molecule has 0 aliphatic carbocycles. The molecule has 6 heteroatoms. The van der Waals surface area contributed by atoms with Crippen molar-refractivity contribution < 1.29 is 28.4 Å². The highest BCUT2D eigenvalue weighted by molar-refractivity contribution is 5.51. The van der Waals surface area contributed by atoms with Crippen LogP contribution < -0.4 is 0 Å². The number of methoxy groups -OCH3 is 6. The van der Waals surface area contributed by atoms with Crippen LogP contribution in [0.1, 0.15) is 33.4 Å². The molecule has 0 heterocycles. The molecule has 0 N–H and O–H groups in total. The molecule has 0 amide bonds. The van der Waals surface area contributed by atoms with Gasteiger partial charge in [-0.2, -0.15) is 0 Å². The van der Waals surface area contributed by atoms with Crippen LogP contribution in [0.5, 0.6) is 0 Å². The van der Waals surface area contributed by atoms with Gasteiger partial charge in [0.15, 0.2) is 0 Å². The lowest BCUT2D eigenvalue weighted by Gasteiger charge is -2.25. The molecule has 0 spiro atoms. The summed E-state index contributed by atoms with van der Waals surface area (Å²) in [6.07, 6.45) is 0. The predicted octanol–water partition coefficient (Wildman–Crippen LogP) is 2.57. The minimum absolute atomic E-state index is 0.470. The molecule has 6 nitrogen and oxygen atoms in total. The van der Waals surface area contributed by atoms with Gasteiger partial charge < -0.3 is 28.4 Å². The molecule has 0 bridgehead atoms. The first-order chi connectivity index (χ1) is 11.7. The fraction of sp³-hybridized carbons (Fsp3) is 0.667. The molecule has 24 heavy (non-hydrogen) atoms. The fourth-order valence-corrected chi connectivity index (χ4v) is 3.00. The van der Waals surface area contributed by atoms with Crippen molar-refractivity contribution in [3.63, 3.8) is 0 Å². The first-order valence-corrected chi connectivity index (χ1v) is 7.80. The molecule has 0 unspecified atom stereocenters. The van der Waals surface area contributed by atoms with E-state index in [0.29, 0.717) is 39.6 Å². The van der Waals surface area contributed by atoms with Crippen molar-refractivity contribution in [1.82, 2.24) is 0 Å². The number of rotatable bonds is 12. The van der Waals surface area contributed by atoms with E-state index in [-0.39, 0.29) is 0 Å². The molecule has 0 saturated heterocycles. The number of benzene rings is 1. The normalized spacial score (nSPS) is 11.2. The fourth-order valence-electron chi connectivity index (χ4n) is 3.00. The lowest BCUT2D eigenvalue weighted by atomic mass is 9.87. The summed E-state index contributed by atoms with van der Waals surface area (Å²) in [7, 11) is 10.1. The zero-order chi connectivity index (χ0) is 17.9. The van der Waals surface area contributed by atoms with Crippen molar-refractivity contribution >= 4 is 0 Å². The summed E-state index contributed by atoms with van der Waals surface area (Å²) in [5, 5.41) is 0. The Hall–Kier alpha value is -1.02. The van der Waals surface area contributed by atoms with Gasteiger partial charge in [0.2, 0.25) is 0 Å². The molecule has 1 rings (SSSR count). The van der Waals surface area contributed by atoms with Crippen molar-refractivity contribution in [3.8, 4) is 0 Å². The van der Waals surface area contributed by atoms with Gasteiger partial charge in [-0.15, -0.1) is 0 Å².